The zero-order chi connectivity index (χ0) is 28.1. The summed E-state index contributed by atoms with van der Waals surface area (Å²) in [6.45, 7) is 11.4. The van der Waals surface area contributed by atoms with E-state index in [0.717, 1.165) is 0 Å². The molecule has 6 N–H and O–H groups in total. The number of carbonyl (C=O) groups is 5. The minimum Gasteiger partial charge on any atom is -0.480 e. The number of aliphatic carboxylic acids is 1. The van der Waals surface area contributed by atoms with Crippen molar-refractivity contribution in [2.75, 3.05) is 6.54 Å². The molecular weight excluding hydrogens is 478 g/mol. The third kappa shape index (κ3) is 10.6. The van der Waals surface area contributed by atoms with Crippen LogP contribution in [0.2, 0.25) is 0 Å². The van der Waals surface area contributed by atoms with Crippen molar-refractivity contribution in [3.05, 3.63) is 24.3 Å². The van der Waals surface area contributed by atoms with Crippen LogP contribution in [0.15, 0.2) is 24.3 Å². The predicted octanol–water partition coefficient (Wildman–Crippen LogP) is 1.46. The van der Waals surface area contributed by atoms with Gasteiger partial charge in [0.25, 0.3) is 0 Å². The molecule has 0 aromatic rings. The third-order valence-corrected chi connectivity index (χ3v) is 6.55. The summed E-state index contributed by atoms with van der Waals surface area (Å²) in [7, 11) is 0. The highest BCUT2D eigenvalue weighted by atomic mass is 16.4. The lowest BCUT2D eigenvalue weighted by atomic mass is 9.97. The minimum atomic E-state index is -1.16. The topological polar surface area (TPSA) is 166 Å². The number of hydrogen-bond acceptors (Lipinski definition) is 5. The second-order valence-corrected chi connectivity index (χ2v) is 9.81. The first kappa shape index (κ1) is 31.7. The molecule has 0 saturated carbocycles. The first-order valence-electron chi connectivity index (χ1n) is 12.9. The summed E-state index contributed by atoms with van der Waals surface area (Å²) in [5.41, 5.74) is 0. The molecule has 11 nitrogen and oxygen atoms in total. The number of carboxylic acids is 1. The van der Waals surface area contributed by atoms with E-state index in [9.17, 15) is 29.1 Å². The summed E-state index contributed by atoms with van der Waals surface area (Å²) in [6, 6.07) is -4.33. The molecule has 208 valence electrons. The molecule has 0 aromatic carbocycles. The predicted molar refractivity (Wildman–Crippen MR) is 140 cm³/mol. The van der Waals surface area contributed by atoms with Crippen LogP contribution in [0.3, 0.4) is 0 Å². The number of carboxylic acid groups (broad SMARTS) is 1. The molecule has 6 atom stereocenters. The van der Waals surface area contributed by atoms with Gasteiger partial charge in [-0.3, -0.25) is 14.4 Å². The molecule has 0 aliphatic carbocycles. The first-order valence-corrected chi connectivity index (χ1v) is 12.9. The van der Waals surface area contributed by atoms with Crippen LogP contribution in [0.4, 0.5) is 4.79 Å². The Morgan fingerprint density at radius 3 is 2.16 bits per heavy atom. The van der Waals surface area contributed by atoms with Gasteiger partial charge in [0.2, 0.25) is 17.7 Å². The number of hydrogen-bond donors (Lipinski definition) is 6. The van der Waals surface area contributed by atoms with Gasteiger partial charge in [0, 0.05) is 18.7 Å². The van der Waals surface area contributed by atoms with Crippen molar-refractivity contribution in [3.63, 3.8) is 0 Å². The quantitative estimate of drug-likeness (QED) is 0.238. The Morgan fingerprint density at radius 1 is 1.00 bits per heavy atom. The lowest BCUT2D eigenvalue weighted by molar-refractivity contribution is -0.140. The second kappa shape index (κ2) is 15.7. The van der Waals surface area contributed by atoms with Crippen LogP contribution in [0.1, 0.15) is 60.8 Å². The molecule has 5 amide bonds. The van der Waals surface area contributed by atoms with Gasteiger partial charge in [-0.2, -0.15) is 0 Å². The van der Waals surface area contributed by atoms with E-state index in [1.54, 1.807) is 32.1 Å². The Labute approximate surface area is 219 Å². The van der Waals surface area contributed by atoms with Crippen molar-refractivity contribution in [2.24, 2.45) is 17.8 Å². The third-order valence-electron chi connectivity index (χ3n) is 6.55. The maximum atomic E-state index is 13.3. The Bertz CT molecular complexity index is 872. The van der Waals surface area contributed by atoms with Gasteiger partial charge < -0.3 is 31.7 Å². The van der Waals surface area contributed by atoms with Crippen molar-refractivity contribution >= 4 is 29.7 Å². The molecule has 1 aliphatic rings. The molecule has 0 spiro atoms. The van der Waals surface area contributed by atoms with Gasteiger partial charge in [0.05, 0.1) is 0 Å². The van der Waals surface area contributed by atoms with E-state index in [1.807, 2.05) is 27.7 Å². The summed E-state index contributed by atoms with van der Waals surface area (Å²) in [5.74, 6) is -3.05. The zero-order valence-electron chi connectivity index (χ0n) is 22.7. The zero-order valence-corrected chi connectivity index (χ0v) is 22.7. The van der Waals surface area contributed by atoms with Crippen LogP contribution in [0.5, 0.6) is 0 Å². The van der Waals surface area contributed by atoms with Gasteiger partial charge in [-0.1, -0.05) is 72.6 Å². The van der Waals surface area contributed by atoms with E-state index in [1.165, 1.54) is 6.08 Å². The molecule has 1 rings (SSSR count). The van der Waals surface area contributed by atoms with E-state index in [0.29, 0.717) is 25.8 Å². The monoisotopic (exact) mass is 521 g/mol. The Morgan fingerprint density at radius 2 is 1.59 bits per heavy atom. The highest BCUT2D eigenvalue weighted by Gasteiger charge is 2.32. The summed E-state index contributed by atoms with van der Waals surface area (Å²) in [6.07, 6.45) is 7.81. The van der Waals surface area contributed by atoms with Crippen LogP contribution < -0.4 is 26.6 Å². The second-order valence-electron chi connectivity index (χ2n) is 9.81. The van der Waals surface area contributed by atoms with Gasteiger partial charge in [-0.05, 0) is 24.2 Å². The molecular formula is C26H43N5O6. The van der Waals surface area contributed by atoms with E-state index < -0.39 is 48.0 Å². The minimum absolute atomic E-state index is 0.0119. The fraction of sp³-hybridized carbons (Fsp3) is 0.654. The van der Waals surface area contributed by atoms with E-state index in [4.69, 9.17) is 0 Å². The molecule has 0 bridgehead atoms. The highest BCUT2D eigenvalue weighted by molar-refractivity contribution is 5.94. The Hall–Kier alpha value is -3.37. The van der Waals surface area contributed by atoms with Crippen LogP contribution in [-0.4, -0.2) is 65.5 Å². The molecule has 11 heteroatoms. The van der Waals surface area contributed by atoms with Crippen LogP contribution in [0, 0.1) is 17.8 Å². The lowest BCUT2D eigenvalue weighted by Crippen LogP contribution is -2.59. The maximum absolute atomic E-state index is 13.3. The van der Waals surface area contributed by atoms with Gasteiger partial charge in [0.15, 0.2) is 0 Å². The van der Waals surface area contributed by atoms with Gasteiger partial charge in [-0.15, -0.1) is 0 Å². The largest absolute Gasteiger partial charge is 0.480 e. The highest BCUT2D eigenvalue weighted by Crippen LogP contribution is 2.11. The number of urea groups is 1. The SMILES string of the molecule is CCC(C)C(NC(=O)NC(C(=O)NC1C=CCCNC(=O)C=CC(C(C)C)NC1=O)C(C)CC)C(=O)O. The van der Waals surface area contributed by atoms with Gasteiger partial charge in [-0.25, -0.2) is 9.59 Å². The number of carbonyl (C=O) groups excluding carboxylic acids is 4. The van der Waals surface area contributed by atoms with Gasteiger partial charge >= 0.3 is 12.0 Å². The van der Waals surface area contributed by atoms with Crippen LogP contribution in [-0.2, 0) is 19.2 Å². The Kier molecular flexibility index (Phi) is 13.4. The molecule has 0 aromatic heterocycles. The Balaban J connectivity index is 3.08. The molecule has 37 heavy (non-hydrogen) atoms. The molecule has 0 radical (unpaired) electrons. The van der Waals surface area contributed by atoms with Crippen LogP contribution >= 0.6 is 0 Å². The van der Waals surface area contributed by atoms with Crippen molar-refractivity contribution < 1.29 is 29.1 Å². The summed E-state index contributed by atoms with van der Waals surface area (Å²) in [4.78, 5) is 62.5. The van der Waals surface area contributed by atoms with Crippen molar-refractivity contribution in [1.82, 2.24) is 26.6 Å². The number of nitrogens with one attached hydrogen (secondary N) is 5. The number of rotatable bonds is 10. The van der Waals surface area contributed by atoms with Crippen molar-refractivity contribution in [2.45, 2.75) is 85.0 Å². The van der Waals surface area contributed by atoms with E-state index in [-0.39, 0.29) is 23.7 Å². The fourth-order valence-electron chi connectivity index (χ4n) is 3.61. The average Bonchev–Trinajstić information content (AvgIpc) is 2.84. The van der Waals surface area contributed by atoms with Gasteiger partial charge in [0.1, 0.15) is 18.1 Å². The smallest absolute Gasteiger partial charge is 0.326 e. The van der Waals surface area contributed by atoms with Crippen LogP contribution in [0.25, 0.3) is 0 Å². The van der Waals surface area contributed by atoms with Crippen molar-refractivity contribution in [1.29, 1.82) is 0 Å². The molecule has 0 saturated heterocycles. The summed E-state index contributed by atoms with van der Waals surface area (Å²) >= 11 is 0. The number of amides is 5. The van der Waals surface area contributed by atoms with E-state index >= 15 is 0 Å². The summed E-state index contributed by atoms with van der Waals surface area (Å²) in [5, 5.41) is 22.8. The molecule has 1 aliphatic heterocycles. The molecule has 0 fully saturated rings. The standard InChI is InChI=1S/C26H43N5O6/c1-7-16(5)21(30-26(37)31-22(25(35)36)17(6)8-2)24(34)29-19-11-9-10-14-27-20(32)13-12-18(15(3)4)28-23(19)33/h9,11-13,15-19,21-22H,7-8,10,14H2,1-6H3,(H,27,32)(H,28,33)(H,29,34)(H,35,36)(H2,30,31,37). The summed E-state index contributed by atoms with van der Waals surface area (Å²) < 4.78 is 0. The lowest BCUT2D eigenvalue weighted by Gasteiger charge is -2.28. The first-order chi connectivity index (χ1) is 17.4. The maximum Gasteiger partial charge on any atom is 0.326 e. The van der Waals surface area contributed by atoms with Crippen molar-refractivity contribution in [3.8, 4) is 0 Å². The molecule has 6 unspecified atom stereocenters. The normalized spacial score (nSPS) is 21.8. The van der Waals surface area contributed by atoms with E-state index in [2.05, 4.69) is 26.6 Å². The molecule has 1 heterocycles. The average molecular weight is 522 g/mol. The fourth-order valence-corrected chi connectivity index (χ4v) is 3.61.